The van der Waals surface area contributed by atoms with E-state index in [9.17, 15) is 9.90 Å². The van der Waals surface area contributed by atoms with Gasteiger partial charge in [0.1, 0.15) is 0 Å². The van der Waals surface area contributed by atoms with Gasteiger partial charge in [-0.3, -0.25) is 0 Å². The molecule has 0 aliphatic heterocycles. The van der Waals surface area contributed by atoms with E-state index in [-0.39, 0.29) is 5.56 Å². The molecule has 0 radical (unpaired) electrons. The molecule has 0 spiro atoms. The SMILES string of the molecule is Cc1ccc(Nc2ccccc2Br)c(C(=O)O)c1. The van der Waals surface area contributed by atoms with Crippen LogP contribution < -0.4 is 5.32 Å². The van der Waals surface area contributed by atoms with Gasteiger partial charge in [0, 0.05) is 4.47 Å². The van der Waals surface area contributed by atoms with Crippen molar-refractivity contribution in [1.82, 2.24) is 0 Å². The van der Waals surface area contributed by atoms with Crippen molar-refractivity contribution in [2.45, 2.75) is 6.92 Å². The highest BCUT2D eigenvalue weighted by molar-refractivity contribution is 9.10. The number of carboxylic acid groups (broad SMARTS) is 1. The summed E-state index contributed by atoms with van der Waals surface area (Å²) in [6.07, 6.45) is 0. The summed E-state index contributed by atoms with van der Waals surface area (Å²) in [4.78, 5) is 11.2. The molecule has 0 atom stereocenters. The number of hydrogen-bond donors (Lipinski definition) is 2. The summed E-state index contributed by atoms with van der Waals surface area (Å²) in [6.45, 7) is 1.87. The number of anilines is 2. The maximum Gasteiger partial charge on any atom is 0.337 e. The zero-order valence-electron chi connectivity index (χ0n) is 9.77. The first-order valence-electron chi connectivity index (χ1n) is 5.43. The smallest absolute Gasteiger partial charge is 0.337 e. The molecule has 0 fully saturated rings. The molecule has 18 heavy (non-hydrogen) atoms. The van der Waals surface area contributed by atoms with E-state index >= 15 is 0 Å². The predicted octanol–water partition coefficient (Wildman–Crippen LogP) is 4.20. The van der Waals surface area contributed by atoms with Crippen molar-refractivity contribution in [2.24, 2.45) is 0 Å². The van der Waals surface area contributed by atoms with E-state index in [1.165, 1.54) is 0 Å². The highest BCUT2D eigenvalue weighted by atomic mass is 79.9. The number of nitrogens with one attached hydrogen (secondary N) is 1. The van der Waals surface area contributed by atoms with Gasteiger partial charge in [-0.1, -0.05) is 23.8 Å². The Bertz CT molecular complexity index is 596. The second-order valence-electron chi connectivity index (χ2n) is 3.96. The van der Waals surface area contributed by atoms with Crippen LogP contribution in [0, 0.1) is 6.92 Å². The van der Waals surface area contributed by atoms with E-state index in [0.717, 1.165) is 15.7 Å². The van der Waals surface area contributed by atoms with Crippen LogP contribution in [0.2, 0.25) is 0 Å². The van der Waals surface area contributed by atoms with Gasteiger partial charge in [-0.05, 0) is 47.1 Å². The Kier molecular flexibility index (Phi) is 3.67. The van der Waals surface area contributed by atoms with Gasteiger partial charge < -0.3 is 10.4 Å². The summed E-state index contributed by atoms with van der Waals surface area (Å²) in [5.41, 5.74) is 2.61. The number of halogens is 1. The molecule has 4 heteroatoms. The lowest BCUT2D eigenvalue weighted by atomic mass is 10.1. The third-order valence-corrected chi connectivity index (χ3v) is 3.24. The van der Waals surface area contributed by atoms with Crippen molar-refractivity contribution in [1.29, 1.82) is 0 Å². The molecule has 92 valence electrons. The molecule has 0 saturated heterocycles. The summed E-state index contributed by atoms with van der Waals surface area (Å²) in [5, 5.41) is 12.3. The molecule has 0 saturated carbocycles. The minimum Gasteiger partial charge on any atom is -0.478 e. The molecule has 0 bridgehead atoms. The van der Waals surface area contributed by atoms with Crippen LogP contribution in [0.3, 0.4) is 0 Å². The van der Waals surface area contributed by atoms with Gasteiger partial charge in [-0.25, -0.2) is 4.79 Å². The van der Waals surface area contributed by atoms with E-state index in [2.05, 4.69) is 21.2 Å². The van der Waals surface area contributed by atoms with Crippen LogP contribution in [0.25, 0.3) is 0 Å². The Hall–Kier alpha value is -1.81. The van der Waals surface area contributed by atoms with Crippen molar-refractivity contribution < 1.29 is 9.90 Å². The van der Waals surface area contributed by atoms with Crippen LogP contribution >= 0.6 is 15.9 Å². The Labute approximate surface area is 114 Å². The van der Waals surface area contributed by atoms with E-state index in [1.54, 1.807) is 12.1 Å². The molecule has 2 rings (SSSR count). The van der Waals surface area contributed by atoms with E-state index in [4.69, 9.17) is 0 Å². The van der Waals surface area contributed by atoms with Gasteiger partial charge in [0.2, 0.25) is 0 Å². The normalized spacial score (nSPS) is 10.1. The summed E-state index contributed by atoms with van der Waals surface area (Å²) in [6, 6.07) is 12.9. The third kappa shape index (κ3) is 2.71. The van der Waals surface area contributed by atoms with Gasteiger partial charge in [0.15, 0.2) is 0 Å². The number of carboxylic acids is 1. The fraction of sp³-hybridized carbons (Fsp3) is 0.0714. The van der Waals surface area contributed by atoms with Crippen molar-refractivity contribution in [3.63, 3.8) is 0 Å². The van der Waals surface area contributed by atoms with E-state index in [1.807, 2.05) is 37.3 Å². The number of aryl methyl sites for hydroxylation is 1. The van der Waals surface area contributed by atoms with Crippen LogP contribution in [0.5, 0.6) is 0 Å². The number of hydrogen-bond acceptors (Lipinski definition) is 2. The topological polar surface area (TPSA) is 49.3 Å². The first kappa shape index (κ1) is 12.6. The molecular weight excluding hydrogens is 294 g/mol. The number of aromatic carboxylic acids is 1. The number of para-hydroxylation sites is 1. The molecule has 2 aromatic carbocycles. The molecule has 0 amide bonds. The fourth-order valence-electron chi connectivity index (χ4n) is 1.65. The maximum atomic E-state index is 11.2. The van der Waals surface area contributed by atoms with Gasteiger partial charge in [-0.15, -0.1) is 0 Å². The second kappa shape index (κ2) is 5.23. The largest absolute Gasteiger partial charge is 0.478 e. The molecule has 3 nitrogen and oxygen atoms in total. The van der Waals surface area contributed by atoms with Gasteiger partial charge >= 0.3 is 5.97 Å². The van der Waals surface area contributed by atoms with Gasteiger partial charge in [0.25, 0.3) is 0 Å². The quantitative estimate of drug-likeness (QED) is 0.893. The molecule has 0 aliphatic carbocycles. The van der Waals surface area contributed by atoms with Crippen molar-refractivity contribution >= 4 is 33.3 Å². The lowest BCUT2D eigenvalue weighted by molar-refractivity contribution is 0.0698. The van der Waals surface area contributed by atoms with Crippen LogP contribution in [0.15, 0.2) is 46.9 Å². The average molecular weight is 306 g/mol. The number of carbonyl (C=O) groups is 1. The van der Waals surface area contributed by atoms with Crippen molar-refractivity contribution in [3.05, 3.63) is 58.1 Å². The molecule has 0 heterocycles. The monoisotopic (exact) mass is 305 g/mol. The van der Waals surface area contributed by atoms with Crippen molar-refractivity contribution in [2.75, 3.05) is 5.32 Å². The number of benzene rings is 2. The zero-order valence-corrected chi connectivity index (χ0v) is 11.4. The first-order valence-corrected chi connectivity index (χ1v) is 6.23. The Morgan fingerprint density at radius 1 is 1.17 bits per heavy atom. The Morgan fingerprint density at radius 2 is 1.89 bits per heavy atom. The Morgan fingerprint density at radius 3 is 2.56 bits per heavy atom. The van der Waals surface area contributed by atoms with E-state index < -0.39 is 5.97 Å². The van der Waals surface area contributed by atoms with Crippen LogP contribution in [-0.2, 0) is 0 Å². The van der Waals surface area contributed by atoms with Gasteiger partial charge in [0.05, 0.1) is 16.9 Å². The molecule has 2 N–H and O–H groups in total. The standard InChI is InChI=1S/C14H12BrNO2/c1-9-6-7-12(10(8-9)14(17)18)16-13-5-3-2-4-11(13)15/h2-8,16H,1H3,(H,17,18). The van der Waals surface area contributed by atoms with Crippen molar-refractivity contribution in [3.8, 4) is 0 Å². The lowest BCUT2D eigenvalue weighted by Crippen LogP contribution is -2.03. The summed E-state index contributed by atoms with van der Waals surface area (Å²) in [7, 11) is 0. The highest BCUT2D eigenvalue weighted by Crippen LogP contribution is 2.27. The highest BCUT2D eigenvalue weighted by Gasteiger charge is 2.11. The average Bonchev–Trinajstić information content (AvgIpc) is 2.34. The van der Waals surface area contributed by atoms with Crippen LogP contribution in [-0.4, -0.2) is 11.1 Å². The van der Waals surface area contributed by atoms with Crippen LogP contribution in [0.1, 0.15) is 15.9 Å². The van der Waals surface area contributed by atoms with E-state index in [0.29, 0.717) is 5.69 Å². The summed E-state index contributed by atoms with van der Waals surface area (Å²) < 4.78 is 0.891. The molecular formula is C14H12BrNO2. The zero-order chi connectivity index (χ0) is 13.1. The first-order chi connectivity index (χ1) is 8.58. The Balaban J connectivity index is 2.41. The van der Waals surface area contributed by atoms with Gasteiger partial charge in [-0.2, -0.15) is 0 Å². The molecule has 0 aromatic heterocycles. The minimum atomic E-state index is -0.937. The molecule has 0 aliphatic rings. The summed E-state index contributed by atoms with van der Waals surface area (Å²) in [5.74, 6) is -0.937. The number of rotatable bonds is 3. The van der Waals surface area contributed by atoms with Crippen LogP contribution in [0.4, 0.5) is 11.4 Å². The maximum absolute atomic E-state index is 11.2. The molecule has 0 unspecified atom stereocenters. The summed E-state index contributed by atoms with van der Waals surface area (Å²) >= 11 is 3.42. The third-order valence-electron chi connectivity index (χ3n) is 2.55. The fourth-order valence-corrected chi connectivity index (χ4v) is 2.04. The minimum absolute atomic E-state index is 0.269. The molecule has 2 aromatic rings. The predicted molar refractivity (Wildman–Crippen MR) is 75.6 cm³/mol. The lowest BCUT2D eigenvalue weighted by Gasteiger charge is -2.11. The second-order valence-corrected chi connectivity index (χ2v) is 4.81.